The third kappa shape index (κ3) is 3.20. The van der Waals surface area contributed by atoms with Gasteiger partial charge in [-0.1, -0.05) is 0 Å². The van der Waals surface area contributed by atoms with Crippen molar-refractivity contribution >= 4 is 15.7 Å². The number of anilines is 1. The molecule has 0 aliphatic rings. The van der Waals surface area contributed by atoms with Crippen LogP contribution in [0.5, 0.6) is 0 Å². The molecule has 1 aromatic heterocycles. The van der Waals surface area contributed by atoms with Crippen LogP contribution >= 0.6 is 0 Å². The number of nitrogens with two attached hydrogens (primary N) is 1. The van der Waals surface area contributed by atoms with Crippen molar-refractivity contribution in [2.75, 3.05) is 12.8 Å². The summed E-state index contributed by atoms with van der Waals surface area (Å²) in [5.74, 6) is -0.633. The van der Waals surface area contributed by atoms with Crippen molar-refractivity contribution in [1.82, 2.24) is 9.29 Å². The summed E-state index contributed by atoms with van der Waals surface area (Å²) in [6.45, 7) is 1.59. The predicted molar refractivity (Wildman–Crippen MR) is 78.4 cm³/mol. The molecular formula is C14H16FN3O2S. The minimum atomic E-state index is -3.82. The molecule has 2 aromatic rings. The molecule has 112 valence electrons. The zero-order valence-corrected chi connectivity index (χ0v) is 12.6. The minimum Gasteiger partial charge on any atom is -0.399 e. The van der Waals surface area contributed by atoms with E-state index in [9.17, 15) is 12.8 Å². The maximum Gasteiger partial charge on any atom is 0.243 e. The Labute approximate surface area is 123 Å². The maximum absolute atomic E-state index is 13.7. The van der Waals surface area contributed by atoms with Gasteiger partial charge in [-0.05, 0) is 36.8 Å². The van der Waals surface area contributed by atoms with Gasteiger partial charge in [-0.15, -0.1) is 0 Å². The fourth-order valence-corrected chi connectivity index (χ4v) is 3.36. The van der Waals surface area contributed by atoms with E-state index in [1.165, 1.54) is 20.0 Å². The lowest BCUT2D eigenvalue weighted by Crippen LogP contribution is -2.27. The lowest BCUT2D eigenvalue weighted by atomic mass is 10.2. The van der Waals surface area contributed by atoms with Gasteiger partial charge in [-0.25, -0.2) is 12.8 Å². The molecular weight excluding hydrogens is 293 g/mol. The number of hydrogen-bond donors (Lipinski definition) is 1. The highest BCUT2D eigenvalue weighted by molar-refractivity contribution is 7.89. The smallest absolute Gasteiger partial charge is 0.243 e. The number of benzene rings is 1. The van der Waals surface area contributed by atoms with Crippen LogP contribution in [0.4, 0.5) is 10.1 Å². The first-order chi connectivity index (χ1) is 9.82. The maximum atomic E-state index is 13.7. The van der Waals surface area contributed by atoms with Gasteiger partial charge in [0.2, 0.25) is 10.0 Å². The van der Waals surface area contributed by atoms with Gasteiger partial charge < -0.3 is 5.73 Å². The summed E-state index contributed by atoms with van der Waals surface area (Å²) in [6.07, 6.45) is 3.17. The second-order valence-electron chi connectivity index (χ2n) is 4.74. The molecule has 0 bridgehead atoms. The third-order valence-corrected chi connectivity index (χ3v) is 5.09. The highest BCUT2D eigenvalue weighted by atomic mass is 32.2. The van der Waals surface area contributed by atoms with E-state index in [1.807, 2.05) is 0 Å². The number of sulfonamides is 1. The first-order valence-corrected chi connectivity index (χ1v) is 7.67. The molecule has 2 rings (SSSR count). The summed E-state index contributed by atoms with van der Waals surface area (Å²) < 4.78 is 39.9. The summed E-state index contributed by atoms with van der Waals surface area (Å²) in [5, 5.41) is 0. The highest BCUT2D eigenvalue weighted by Crippen LogP contribution is 2.25. The Morgan fingerprint density at radius 3 is 2.52 bits per heavy atom. The molecule has 0 aliphatic carbocycles. The van der Waals surface area contributed by atoms with Crippen LogP contribution in [0.3, 0.4) is 0 Å². The molecule has 0 radical (unpaired) electrons. The standard InChI is InChI=1S/C14H16FN3O2S/c1-10-13(15)7-12(16)8-14(10)21(19,20)18(2)9-11-3-5-17-6-4-11/h3-8H,9,16H2,1-2H3. The number of pyridine rings is 1. The molecule has 0 spiro atoms. The van der Waals surface area contributed by atoms with E-state index < -0.39 is 15.8 Å². The molecule has 21 heavy (non-hydrogen) atoms. The number of hydrogen-bond acceptors (Lipinski definition) is 4. The predicted octanol–water partition coefficient (Wildman–Crippen LogP) is 1.93. The van der Waals surface area contributed by atoms with Crippen LogP contribution in [0.2, 0.25) is 0 Å². The summed E-state index contributed by atoms with van der Waals surface area (Å²) in [5.41, 5.74) is 6.48. The van der Waals surface area contributed by atoms with Crippen LogP contribution in [-0.2, 0) is 16.6 Å². The van der Waals surface area contributed by atoms with Gasteiger partial charge in [0, 0.05) is 37.2 Å². The molecule has 5 nitrogen and oxygen atoms in total. The van der Waals surface area contributed by atoms with Crippen LogP contribution in [0.25, 0.3) is 0 Å². The largest absolute Gasteiger partial charge is 0.399 e. The van der Waals surface area contributed by atoms with E-state index in [-0.39, 0.29) is 22.7 Å². The molecule has 0 fully saturated rings. The molecule has 1 aromatic carbocycles. The van der Waals surface area contributed by atoms with E-state index >= 15 is 0 Å². The van der Waals surface area contributed by atoms with Crippen LogP contribution in [0, 0.1) is 12.7 Å². The zero-order valence-electron chi connectivity index (χ0n) is 11.7. The van der Waals surface area contributed by atoms with Crippen molar-refractivity contribution < 1.29 is 12.8 Å². The SMILES string of the molecule is Cc1c(F)cc(N)cc1S(=O)(=O)N(C)Cc1ccncc1. The molecule has 1 heterocycles. The van der Waals surface area contributed by atoms with Gasteiger partial charge in [0.1, 0.15) is 5.82 Å². The first-order valence-electron chi connectivity index (χ1n) is 6.23. The number of rotatable bonds is 4. The molecule has 0 saturated carbocycles. The number of halogens is 1. The zero-order chi connectivity index (χ0) is 15.6. The Hall–Kier alpha value is -1.99. The normalized spacial score (nSPS) is 11.8. The Balaban J connectivity index is 2.38. The van der Waals surface area contributed by atoms with Crippen LogP contribution in [0.1, 0.15) is 11.1 Å². The van der Waals surface area contributed by atoms with Gasteiger partial charge >= 0.3 is 0 Å². The summed E-state index contributed by atoms with van der Waals surface area (Å²) in [4.78, 5) is 3.76. The van der Waals surface area contributed by atoms with Gasteiger partial charge in [-0.2, -0.15) is 4.31 Å². The lowest BCUT2D eigenvalue weighted by molar-refractivity contribution is 0.465. The van der Waals surface area contributed by atoms with Crippen LogP contribution in [0.15, 0.2) is 41.6 Å². The summed E-state index contributed by atoms with van der Waals surface area (Å²) >= 11 is 0. The molecule has 0 amide bonds. The number of aromatic nitrogens is 1. The lowest BCUT2D eigenvalue weighted by Gasteiger charge is -2.19. The van der Waals surface area contributed by atoms with Crippen LogP contribution in [-0.4, -0.2) is 24.8 Å². The second-order valence-corrected chi connectivity index (χ2v) is 6.76. The molecule has 0 atom stereocenters. The second kappa shape index (κ2) is 5.79. The van der Waals surface area contributed by atoms with Gasteiger partial charge in [-0.3, -0.25) is 4.98 Å². The Bertz CT molecular complexity index is 748. The van der Waals surface area contributed by atoms with E-state index in [1.54, 1.807) is 24.5 Å². The topological polar surface area (TPSA) is 76.3 Å². The van der Waals surface area contributed by atoms with Crippen molar-refractivity contribution in [3.63, 3.8) is 0 Å². The fourth-order valence-electron chi connectivity index (χ4n) is 1.94. The fraction of sp³-hybridized carbons (Fsp3) is 0.214. The molecule has 0 aliphatic heterocycles. The van der Waals surface area contributed by atoms with Crippen molar-refractivity contribution in [2.45, 2.75) is 18.4 Å². The average Bonchev–Trinajstić information content (AvgIpc) is 2.43. The first kappa shape index (κ1) is 15.4. The van der Waals surface area contributed by atoms with E-state index in [4.69, 9.17) is 5.73 Å². The Morgan fingerprint density at radius 2 is 1.90 bits per heavy atom. The Kier molecular flexibility index (Phi) is 4.24. The average molecular weight is 309 g/mol. The summed E-state index contributed by atoms with van der Waals surface area (Å²) in [6, 6.07) is 5.83. The van der Waals surface area contributed by atoms with Crippen molar-refractivity contribution in [3.8, 4) is 0 Å². The monoisotopic (exact) mass is 309 g/mol. The molecule has 0 unspecified atom stereocenters. The highest BCUT2D eigenvalue weighted by Gasteiger charge is 2.24. The van der Waals surface area contributed by atoms with Crippen molar-refractivity contribution in [2.24, 2.45) is 0 Å². The number of nitrogens with zero attached hydrogens (tertiary/aromatic N) is 2. The molecule has 0 saturated heterocycles. The third-order valence-electron chi connectivity index (χ3n) is 3.16. The quantitative estimate of drug-likeness (QED) is 0.876. The molecule has 7 heteroatoms. The van der Waals surface area contributed by atoms with Gasteiger partial charge in [0.15, 0.2) is 0 Å². The van der Waals surface area contributed by atoms with Crippen molar-refractivity contribution in [3.05, 3.63) is 53.6 Å². The van der Waals surface area contributed by atoms with Crippen molar-refractivity contribution in [1.29, 1.82) is 0 Å². The molecule has 2 N–H and O–H groups in total. The van der Waals surface area contributed by atoms with E-state index in [0.29, 0.717) is 0 Å². The Morgan fingerprint density at radius 1 is 1.29 bits per heavy atom. The van der Waals surface area contributed by atoms with Gasteiger partial charge in [0.25, 0.3) is 0 Å². The minimum absolute atomic E-state index is 0.0609. The number of nitrogen functional groups attached to an aromatic ring is 1. The van der Waals surface area contributed by atoms with Gasteiger partial charge in [0.05, 0.1) is 4.90 Å². The van der Waals surface area contributed by atoms with E-state index in [2.05, 4.69) is 4.98 Å². The summed E-state index contributed by atoms with van der Waals surface area (Å²) in [7, 11) is -2.38. The van der Waals surface area contributed by atoms with Crippen LogP contribution < -0.4 is 5.73 Å². The van der Waals surface area contributed by atoms with E-state index in [0.717, 1.165) is 15.9 Å².